The molecule has 1 aliphatic heterocycles. The van der Waals surface area contributed by atoms with Gasteiger partial charge in [0.15, 0.2) is 0 Å². The predicted octanol–water partition coefficient (Wildman–Crippen LogP) is 4.21. The Kier molecular flexibility index (Phi) is 2.73. The molecule has 0 radical (unpaired) electrons. The number of benzene rings is 2. The van der Waals surface area contributed by atoms with Gasteiger partial charge in [-0.2, -0.15) is 0 Å². The summed E-state index contributed by atoms with van der Waals surface area (Å²) in [5, 5.41) is 0. The van der Waals surface area contributed by atoms with Crippen LogP contribution in [-0.4, -0.2) is 0 Å². The van der Waals surface area contributed by atoms with Crippen molar-refractivity contribution in [2.75, 3.05) is 0 Å². The lowest BCUT2D eigenvalue weighted by atomic mass is 10.00. The van der Waals surface area contributed by atoms with Gasteiger partial charge in [-0.15, -0.1) is 0 Å². The van der Waals surface area contributed by atoms with E-state index < -0.39 is 0 Å². The average Bonchev–Trinajstić information content (AvgIpc) is 2.73. The Morgan fingerprint density at radius 1 is 1.12 bits per heavy atom. The van der Waals surface area contributed by atoms with Crippen molar-refractivity contribution < 1.29 is 9.13 Å². The summed E-state index contributed by atoms with van der Waals surface area (Å²) in [4.78, 5) is 0. The van der Waals surface area contributed by atoms with Crippen molar-refractivity contribution in [3.63, 3.8) is 0 Å². The van der Waals surface area contributed by atoms with Crippen LogP contribution in [0.15, 0.2) is 46.9 Å². The fourth-order valence-electron chi connectivity index (χ4n) is 2.13. The number of hydrogen-bond acceptors (Lipinski definition) is 1. The summed E-state index contributed by atoms with van der Waals surface area (Å²) in [5.74, 6) is -0.220. The highest BCUT2D eigenvalue weighted by Gasteiger charge is 2.24. The van der Waals surface area contributed by atoms with Crippen molar-refractivity contribution >= 4 is 15.9 Å². The molecule has 0 saturated carbocycles. The highest BCUT2D eigenvalue weighted by atomic mass is 79.9. The van der Waals surface area contributed by atoms with Crippen LogP contribution in [0.1, 0.15) is 22.8 Å². The van der Waals surface area contributed by atoms with E-state index in [1.807, 2.05) is 6.07 Å². The zero-order valence-corrected chi connectivity index (χ0v) is 10.6. The monoisotopic (exact) mass is 292 g/mol. The molecule has 0 aromatic heterocycles. The molecule has 0 bridgehead atoms. The minimum atomic E-state index is -0.220. The van der Waals surface area contributed by atoms with Crippen molar-refractivity contribution in [2.45, 2.75) is 12.7 Å². The van der Waals surface area contributed by atoms with Gasteiger partial charge in [0.25, 0.3) is 0 Å². The second-order valence-corrected chi connectivity index (χ2v) is 5.00. The van der Waals surface area contributed by atoms with E-state index in [-0.39, 0.29) is 11.9 Å². The number of halogens is 2. The van der Waals surface area contributed by atoms with Crippen molar-refractivity contribution in [3.05, 3.63) is 69.4 Å². The molecule has 1 atom stereocenters. The molecule has 1 heterocycles. The van der Waals surface area contributed by atoms with Crippen LogP contribution in [0.2, 0.25) is 0 Å². The molecule has 0 spiro atoms. The molecule has 0 fully saturated rings. The average molecular weight is 293 g/mol. The van der Waals surface area contributed by atoms with Crippen LogP contribution in [0.4, 0.5) is 4.39 Å². The molecule has 2 aromatic rings. The van der Waals surface area contributed by atoms with Crippen LogP contribution < -0.4 is 0 Å². The van der Waals surface area contributed by atoms with Gasteiger partial charge >= 0.3 is 0 Å². The van der Waals surface area contributed by atoms with E-state index in [9.17, 15) is 4.39 Å². The Bertz CT molecular complexity index is 551. The summed E-state index contributed by atoms with van der Waals surface area (Å²) in [6.45, 7) is 0.608. The predicted molar refractivity (Wildman–Crippen MR) is 67.2 cm³/mol. The second-order valence-electron chi connectivity index (χ2n) is 4.09. The molecule has 0 unspecified atom stereocenters. The minimum Gasteiger partial charge on any atom is -0.364 e. The zero-order valence-electron chi connectivity index (χ0n) is 8.99. The van der Waals surface area contributed by atoms with E-state index in [0.717, 1.165) is 10.0 Å². The van der Waals surface area contributed by atoms with E-state index >= 15 is 0 Å². The maximum Gasteiger partial charge on any atom is 0.123 e. The maximum atomic E-state index is 12.9. The molecule has 0 amide bonds. The number of rotatable bonds is 1. The number of hydrogen-bond donors (Lipinski definition) is 0. The molecule has 0 N–H and O–H groups in total. The summed E-state index contributed by atoms with van der Waals surface area (Å²) in [5.41, 5.74) is 3.35. The van der Waals surface area contributed by atoms with Crippen LogP contribution in [0, 0.1) is 5.82 Å². The van der Waals surface area contributed by atoms with Gasteiger partial charge in [0.1, 0.15) is 11.9 Å². The zero-order chi connectivity index (χ0) is 11.8. The van der Waals surface area contributed by atoms with E-state index in [1.165, 1.54) is 23.3 Å². The number of fused-ring (bicyclic) bond motifs is 1. The lowest BCUT2D eigenvalue weighted by Gasteiger charge is -2.11. The lowest BCUT2D eigenvalue weighted by molar-refractivity contribution is 0.0939. The van der Waals surface area contributed by atoms with Gasteiger partial charge in [0.05, 0.1) is 6.61 Å². The molecular weight excluding hydrogens is 283 g/mol. The summed E-state index contributed by atoms with van der Waals surface area (Å²) < 4.78 is 19.7. The molecule has 17 heavy (non-hydrogen) atoms. The first-order chi connectivity index (χ1) is 8.24. The third-order valence-electron chi connectivity index (χ3n) is 2.97. The highest BCUT2D eigenvalue weighted by Crippen LogP contribution is 2.36. The molecule has 3 rings (SSSR count). The van der Waals surface area contributed by atoms with Crippen molar-refractivity contribution in [1.29, 1.82) is 0 Å². The van der Waals surface area contributed by atoms with Gasteiger partial charge < -0.3 is 4.74 Å². The van der Waals surface area contributed by atoms with Crippen LogP contribution in [-0.2, 0) is 11.3 Å². The summed E-state index contributed by atoms with van der Waals surface area (Å²) in [6, 6.07) is 12.6. The van der Waals surface area contributed by atoms with Gasteiger partial charge in [0.2, 0.25) is 0 Å². The first kappa shape index (κ1) is 10.9. The minimum absolute atomic E-state index is 0.0706. The molecule has 86 valence electrons. The summed E-state index contributed by atoms with van der Waals surface area (Å²) >= 11 is 3.45. The van der Waals surface area contributed by atoms with E-state index in [4.69, 9.17) is 4.74 Å². The van der Waals surface area contributed by atoms with Crippen molar-refractivity contribution in [3.8, 4) is 0 Å². The largest absolute Gasteiger partial charge is 0.364 e. The third kappa shape index (κ3) is 2.01. The second kappa shape index (κ2) is 4.24. The smallest absolute Gasteiger partial charge is 0.123 e. The van der Waals surface area contributed by atoms with Crippen molar-refractivity contribution in [1.82, 2.24) is 0 Å². The first-order valence-corrected chi connectivity index (χ1v) is 6.19. The Hall–Kier alpha value is -1.19. The quantitative estimate of drug-likeness (QED) is 0.765. The van der Waals surface area contributed by atoms with E-state index in [2.05, 4.69) is 28.1 Å². The van der Waals surface area contributed by atoms with Crippen molar-refractivity contribution in [2.24, 2.45) is 0 Å². The molecule has 0 aliphatic carbocycles. The molecule has 1 aliphatic rings. The normalized spacial score (nSPS) is 18.1. The molecule has 2 aromatic carbocycles. The lowest BCUT2D eigenvalue weighted by Crippen LogP contribution is -1.98. The van der Waals surface area contributed by atoms with Crippen LogP contribution in [0.25, 0.3) is 0 Å². The first-order valence-electron chi connectivity index (χ1n) is 5.39. The van der Waals surface area contributed by atoms with Crippen LogP contribution in [0.3, 0.4) is 0 Å². The molecule has 3 heteroatoms. The molecule has 1 nitrogen and oxygen atoms in total. The topological polar surface area (TPSA) is 9.23 Å². The van der Waals surface area contributed by atoms with Gasteiger partial charge in [-0.1, -0.05) is 34.1 Å². The standard InChI is InChI=1S/C14H10BrFO/c15-11-3-6-13-10(7-11)8-17-14(13)9-1-4-12(16)5-2-9/h1-7,14H,8H2/t14-/m0/s1. The van der Waals surface area contributed by atoms with E-state index in [1.54, 1.807) is 12.1 Å². The van der Waals surface area contributed by atoms with Gasteiger partial charge in [-0.3, -0.25) is 0 Å². The molecule has 0 saturated heterocycles. The third-order valence-corrected chi connectivity index (χ3v) is 3.46. The summed E-state index contributed by atoms with van der Waals surface area (Å²) in [7, 11) is 0. The Labute approximate surface area is 107 Å². The van der Waals surface area contributed by atoms with Gasteiger partial charge in [-0.05, 0) is 41.0 Å². The van der Waals surface area contributed by atoms with Crippen LogP contribution >= 0.6 is 15.9 Å². The molecular formula is C14H10BrFO. The Balaban J connectivity index is 2.01. The highest BCUT2D eigenvalue weighted by molar-refractivity contribution is 9.10. The number of ether oxygens (including phenoxy) is 1. The Morgan fingerprint density at radius 3 is 2.65 bits per heavy atom. The van der Waals surface area contributed by atoms with Gasteiger partial charge in [0, 0.05) is 4.47 Å². The Morgan fingerprint density at radius 2 is 1.88 bits per heavy atom. The fraction of sp³-hybridized carbons (Fsp3) is 0.143. The SMILES string of the molecule is Fc1ccc([C@@H]2OCc3cc(Br)ccc32)cc1. The van der Waals surface area contributed by atoms with Gasteiger partial charge in [-0.25, -0.2) is 4.39 Å². The fourth-order valence-corrected chi connectivity index (χ4v) is 2.54. The maximum absolute atomic E-state index is 12.9. The summed E-state index contributed by atoms with van der Waals surface area (Å²) in [6.07, 6.45) is -0.0706. The van der Waals surface area contributed by atoms with E-state index in [0.29, 0.717) is 6.61 Å². The van der Waals surface area contributed by atoms with Crippen LogP contribution in [0.5, 0.6) is 0 Å².